The van der Waals surface area contributed by atoms with Crippen molar-refractivity contribution in [3.63, 3.8) is 0 Å². The van der Waals surface area contributed by atoms with Crippen LogP contribution in [-0.4, -0.2) is 107 Å². The maximum Gasteiger partial charge on any atom is 0.312 e. The van der Waals surface area contributed by atoms with E-state index in [2.05, 4.69) is 10.6 Å². The van der Waals surface area contributed by atoms with Crippen LogP contribution in [0.5, 0.6) is 23.0 Å². The van der Waals surface area contributed by atoms with Gasteiger partial charge in [-0.25, -0.2) is 4.99 Å². The number of esters is 1. The number of phenols is 1. The van der Waals surface area contributed by atoms with Crippen molar-refractivity contribution in [1.29, 1.82) is 0 Å². The minimum absolute atomic E-state index is 0.0171. The third-order valence-electron chi connectivity index (χ3n) is 12.3. The SMILES string of the molecule is CO[C@H]1/C=C/O[C@@]2(C)Oc3c(C)c(O)c4c(c3C2=O)C2=Nc3ccc(OCCNCCN)cc3OC2=C(NC(=O)/C(C)=C\C=C\[C@H](C)[C@H](O)[C@@H](C)[C@@H](O)[C@@H](C)[C@H](OC(C)=O)[C@@H]1C)C4O. The molecule has 0 spiro atoms. The van der Waals surface area contributed by atoms with Crippen LogP contribution < -0.4 is 30.6 Å². The van der Waals surface area contributed by atoms with Gasteiger partial charge in [-0.15, -0.1) is 0 Å². The van der Waals surface area contributed by atoms with Crippen LogP contribution in [0.2, 0.25) is 0 Å². The summed E-state index contributed by atoms with van der Waals surface area (Å²) in [6, 6.07) is 4.97. The van der Waals surface area contributed by atoms with E-state index >= 15 is 0 Å². The highest BCUT2D eigenvalue weighted by atomic mass is 16.7. The van der Waals surface area contributed by atoms with E-state index in [0.717, 1.165) is 0 Å². The molecule has 8 N–H and O–H groups in total. The van der Waals surface area contributed by atoms with E-state index in [1.165, 1.54) is 46.3 Å². The lowest BCUT2D eigenvalue weighted by Crippen LogP contribution is -2.46. The van der Waals surface area contributed by atoms with Gasteiger partial charge in [-0.1, -0.05) is 45.9 Å². The van der Waals surface area contributed by atoms with Crippen LogP contribution in [0.4, 0.5) is 5.69 Å². The van der Waals surface area contributed by atoms with Gasteiger partial charge in [0.25, 0.3) is 11.7 Å². The number of allylic oxidation sites excluding steroid dienone is 3. The standard InChI is InChI=1S/C47H60N4O13/c1-22-11-10-12-23(2)46(58)51-37-41(56)34-33(36-44(37)63-32-21-29(13-14-30(32)50-36)60-20-18-49-17-16-48)35-43(27(6)40(34)55)64-47(8,45(35)57)61-19-15-31(59-9)24(3)42(62-28(7)52)26(5)39(54)25(4)38(22)53/h10-15,19,21-22,24-26,31,38-39,41-42,49,53-56H,16-18,20,48H2,1-9H3,(H,51,58)/b11-10+,19-15+,23-12-/t22-,24+,25+,26+,31-,38-,39+,41?,42+,47-/m0/s1. The monoisotopic (exact) mass is 888 g/mol. The Morgan fingerprint density at radius 3 is 2.44 bits per heavy atom. The van der Waals surface area contributed by atoms with Gasteiger partial charge in [-0.2, -0.15) is 0 Å². The van der Waals surface area contributed by atoms with Crippen LogP contribution in [0.3, 0.4) is 0 Å². The number of benzene rings is 2. The Balaban J connectivity index is 1.50. The zero-order chi connectivity index (χ0) is 46.8. The van der Waals surface area contributed by atoms with Crippen molar-refractivity contribution < 1.29 is 63.2 Å². The molecule has 0 saturated carbocycles. The van der Waals surface area contributed by atoms with Crippen molar-refractivity contribution in [3.05, 3.63) is 88.0 Å². The normalized spacial score (nSPS) is 31.2. The Morgan fingerprint density at radius 2 is 1.75 bits per heavy atom. The van der Waals surface area contributed by atoms with Gasteiger partial charge >= 0.3 is 11.8 Å². The van der Waals surface area contributed by atoms with E-state index in [4.69, 9.17) is 39.1 Å². The Bertz CT molecular complexity index is 2300. The fraction of sp³-hybridized carbons (Fsp3) is 0.489. The fourth-order valence-electron chi connectivity index (χ4n) is 8.49. The fourth-order valence-corrected chi connectivity index (χ4v) is 8.49. The molecule has 17 nitrogen and oxygen atoms in total. The van der Waals surface area contributed by atoms with Crippen molar-refractivity contribution in [3.8, 4) is 23.0 Å². The average molecular weight is 889 g/mol. The molecule has 5 bridgehead atoms. The number of aliphatic imine (C=N–C) groups is 1. The third-order valence-corrected chi connectivity index (χ3v) is 12.3. The molecule has 6 rings (SSSR count). The molecule has 1 aliphatic carbocycles. The van der Waals surface area contributed by atoms with Crippen molar-refractivity contribution in [2.75, 3.05) is 33.4 Å². The van der Waals surface area contributed by atoms with Crippen LogP contribution in [0.15, 0.2) is 70.8 Å². The predicted molar refractivity (Wildman–Crippen MR) is 235 cm³/mol. The Morgan fingerprint density at radius 1 is 1.02 bits per heavy atom. The number of aliphatic hydroxyl groups excluding tert-OH is 3. The zero-order valence-electron chi connectivity index (χ0n) is 37.6. The Labute approximate surface area is 372 Å². The first kappa shape index (κ1) is 47.9. The van der Waals surface area contributed by atoms with Crippen molar-refractivity contribution in [2.45, 2.75) is 91.7 Å². The highest BCUT2D eigenvalue weighted by Crippen LogP contribution is 2.53. The van der Waals surface area contributed by atoms with E-state index in [-0.39, 0.29) is 56.5 Å². The summed E-state index contributed by atoms with van der Waals surface area (Å²) in [5.74, 6) is -6.24. The van der Waals surface area contributed by atoms with Gasteiger partial charge < -0.3 is 65.2 Å². The average Bonchev–Trinajstić information content (AvgIpc) is 3.53. The molecule has 0 fully saturated rings. The van der Waals surface area contributed by atoms with Crippen molar-refractivity contribution in [2.24, 2.45) is 34.4 Å². The lowest BCUT2D eigenvalue weighted by Gasteiger charge is -2.38. The molecule has 2 aromatic rings. The van der Waals surface area contributed by atoms with Gasteiger partial charge in [0.05, 0.1) is 35.8 Å². The van der Waals surface area contributed by atoms with E-state index in [1.54, 1.807) is 65.0 Å². The van der Waals surface area contributed by atoms with E-state index < -0.39 is 83.4 Å². The quantitative estimate of drug-likeness (QED) is 0.146. The summed E-state index contributed by atoms with van der Waals surface area (Å²) in [7, 11) is 1.45. The Hall–Kier alpha value is -5.56. The van der Waals surface area contributed by atoms with E-state index in [9.17, 15) is 34.8 Å². The highest BCUT2D eigenvalue weighted by Gasteiger charge is 2.53. The molecule has 1 unspecified atom stereocenters. The second-order valence-corrected chi connectivity index (χ2v) is 16.9. The number of phenolic OH excluding ortho intramolecular Hbond substituents is 1. The number of methoxy groups -OCH3 is 1. The summed E-state index contributed by atoms with van der Waals surface area (Å²) in [5.41, 5.74) is 5.94. The number of carbonyl (C=O) groups excluding carboxylic acids is 3. The minimum atomic E-state index is -2.01. The third kappa shape index (κ3) is 9.32. The van der Waals surface area contributed by atoms with Gasteiger partial charge in [0, 0.05) is 92.6 Å². The number of nitrogens with one attached hydrogen (secondary N) is 2. The first-order valence-electron chi connectivity index (χ1n) is 21.4. The molecule has 64 heavy (non-hydrogen) atoms. The molecule has 2 aromatic carbocycles. The van der Waals surface area contributed by atoms with E-state index in [1.807, 2.05) is 0 Å². The van der Waals surface area contributed by atoms with Gasteiger partial charge in [0.1, 0.15) is 47.5 Å². The summed E-state index contributed by atoms with van der Waals surface area (Å²) in [6.45, 7) is 14.7. The molecule has 10 atom stereocenters. The minimum Gasteiger partial charge on any atom is -0.507 e. The van der Waals surface area contributed by atoms with Crippen LogP contribution in [0, 0.1) is 30.6 Å². The molecule has 0 saturated heterocycles. The number of rotatable bonds is 8. The smallest absolute Gasteiger partial charge is 0.312 e. The first-order chi connectivity index (χ1) is 30.3. The highest BCUT2D eigenvalue weighted by molar-refractivity contribution is 6.24. The number of amides is 1. The van der Waals surface area contributed by atoms with Crippen LogP contribution >= 0.6 is 0 Å². The maximum atomic E-state index is 14.7. The molecular formula is C47H60N4O13. The molecule has 0 aromatic heterocycles. The molecule has 17 heteroatoms. The van der Waals surface area contributed by atoms with E-state index in [0.29, 0.717) is 37.7 Å². The lowest BCUT2D eigenvalue weighted by molar-refractivity contribution is -0.160. The molecule has 3 heterocycles. The summed E-state index contributed by atoms with van der Waals surface area (Å²) >= 11 is 0. The number of ketones is 1. The summed E-state index contributed by atoms with van der Waals surface area (Å²) in [4.78, 5) is 46.0. The Kier molecular flexibility index (Phi) is 14.7. The van der Waals surface area contributed by atoms with Crippen LogP contribution in [-0.2, 0) is 23.8 Å². The number of aromatic hydroxyl groups is 1. The molecule has 4 aliphatic rings. The molecule has 1 amide bonds. The maximum absolute atomic E-state index is 14.7. The largest absolute Gasteiger partial charge is 0.507 e. The van der Waals surface area contributed by atoms with Crippen molar-refractivity contribution >= 4 is 29.1 Å². The number of Topliss-reactive ketones (excluding diaryl/α,β-unsaturated/α-hetero) is 1. The summed E-state index contributed by atoms with van der Waals surface area (Å²) in [6.07, 6.45) is 1.94. The molecule has 346 valence electrons. The number of ether oxygens (including phenoxy) is 6. The van der Waals surface area contributed by atoms with Gasteiger partial charge in [0.2, 0.25) is 0 Å². The number of hydrogen-bond donors (Lipinski definition) is 7. The molecule has 3 aliphatic heterocycles. The number of nitrogens with zero attached hydrogens (tertiary/aromatic N) is 1. The summed E-state index contributed by atoms with van der Waals surface area (Å²) < 4.78 is 36.3. The van der Waals surface area contributed by atoms with Crippen LogP contribution in [0.1, 0.15) is 81.6 Å². The second kappa shape index (κ2) is 19.7. The van der Waals surface area contributed by atoms with Crippen molar-refractivity contribution in [1.82, 2.24) is 10.6 Å². The lowest BCUT2D eigenvalue weighted by atomic mass is 9.78. The topological polar surface area (TPSA) is 250 Å². The number of aliphatic hydroxyl groups is 3. The summed E-state index contributed by atoms with van der Waals surface area (Å²) in [5, 5.41) is 52.9. The number of fused-ring (bicyclic) bond motifs is 4. The van der Waals surface area contributed by atoms with Gasteiger partial charge in [0.15, 0.2) is 11.5 Å². The van der Waals surface area contributed by atoms with Gasteiger partial charge in [-0.05, 0) is 32.1 Å². The zero-order valence-corrected chi connectivity index (χ0v) is 37.6. The first-order valence-corrected chi connectivity index (χ1v) is 21.4. The molecule has 0 radical (unpaired) electrons. The number of nitrogens with two attached hydrogens (primary N) is 1. The van der Waals surface area contributed by atoms with Gasteiger partial charge in [-0.3, -0.25) is 14.4 Å². The molecular weight excluding hydrogens is 829 g/mol. The second-order valence-electron chi connectivity index (χ2n) is 16.9. The van der Waals surface area contributed by atoms with Crippen LogP contribution in [0.25, 0.3) is 0 Å². The number of hydrogen-bond acceptors (Lipinski definition) is 16. The predicted octanol–water partition coefficient (Wildman–Crippen LogP) is 4.07. The number of carbonyl (C=O) groups is 3.